The fourth-order valence-corrected chi connectivity index (χ4v) is 8.93. The Bertz CT molecular complexity index is 1300. The maximum absolute atomic E-state index is 12.5. The maximum Gasteiger partial charge on any atom is 0.302 e. The van der Waals surface area contributed by atoms with Crippen LogP contribution in [0.3, 0.4) is 0 Å². The van der Waals surface area contributed by atoms with E-state index in [0.717, 1.165) is 56.0 Å². The van der Waals surface area contributed by atoms with E-state index in [2.05, 4.69) is 39.5 Å². The minimum absolute atomic E-state index is 0.0106. The van der Waals surface area contributed by atoms with Gasteiger partial charge in [0.15, 0.2) is 0 Å². The molecule has 9 heteroatoms. The summed E-state index contributed by atoms with van der Waals surface area (Å²) in [7, 11) is 0. The van der Waals surface area contributed by atoms with Gasteiger partial charge in [0.1, 0.15) is 18.5 Å². The number of carbonyl (C=O) groups excluding carboxylic acids is 2. The van der Waals surface area contributed by atoms with Crippen molar-refractivity contribution in [3.8, 4) is 0 Å². The molecule has 13 atom stereocenters. The van der Waals surface area contributed by atoms with E-state index in [1.807, 2.05) is 26.8 Å². The van der Waals surface area contributed by atoms with Gasteiger partial charge in [-0.25, -0.2) is 0 Å². The van der Waals surface area contributed by atoms with Gasteiger partial charge in [-0.3, -0.25) is 9.59 Å². The number of aliphatic hydroxyl groups is 1. The highest BCUT2D eigenvalue weighted by atomic mass is 16.6. The Morgan fingerprint density at radius 3 is 2.32 bits per heavy atom. The van der Waals surface area contributed by atoms with E-state index in [9.17, 15) is 14.7 Å². The van der Waals surface area contributed by atoms with E-state index < -0.39 is 29.0 Å². The summed E-state index contributed by atoms with van der Waals surface area (Å²) in [5.41, 5.74) is -0.187. The molecule has 50 heavy (non-hydrogen) atoms. The molecule has 0 spiro atoms. The predicted molar refractivity (Wildman–Crippen MR) is 192 cm³/mol. The topological polar surface area (TPSA) is 110 Å². The molecule has 0 aromatic heterocycles. The Labute approximate surface area is 299 Å². The molecule has 0 aromatic rings. The summed E-state index contributed by atoms with van der Waals surface area (Å²) in [5, 5.41) is 11.4. The second kappa shape index (κ2) is 16.3. The monoisotopic (exact) mass is 698 g/mol. The highest BCUT2D eigenvalue weighted by Gasteiger charge is 2.59. The van der Waals surface area contributed by atoms with Crippen LogP contribution >= 0.6 is 0 Å². The normalized spacial score (nSPS) is 44.0. The first kappa shape index (κ1) is 39.1. The number of aldehydes is 1. The molecule has 0 aromatic carbocycles. The largest absolute Gasteiger partial charge is 0.460 e. The average Bonchev–Trinajstić information content (AvgIpc) is 3.31. The van der Waals surface area contributed by atoms with Crippen molar-refractivity contribution in [2.75, 3.05) is 0 Å². The number of hydrogen-bond donors (Lipinski definition) is 1. The first-order valence-corrected chi connectivity index (χ1v) is 19.0. The van der Waals surface area contributed by atoms with Crippen LogP contribution in [0, 0.1) is 5.92 Å². The number of hydrogen-bond acceptors (Lipinski definition) is 9. The van der Waals surface area contributed by atoms with Gasteiger partial charge in [-0.05, 0) is 110 Å². The molecular weight excluding hydrogens is 636 g/mol. The maximum atomic E-state index is 12.5. The molecular formula is C41H62O9. The molecule has 13 unspecified atom stereocenters. The summed E-state index contributed by atoms with van der Waals surface area (Å²) in [6.45, 7) is 17.5. The molecule has 0 bridgehead atoms. The van der Waals surface area contributed by atoms with Crippen LogP contribution in [0.5, 0.6) is 0 Å². The summed E-state index contributed by atoms with van der Waals surface area (Å²) in [6, 6.07) is 0. The highest BCUT2D eigenvalue weighted by molar-refractivity contribution is 5.67. The molecule has 0 radical (unpaired) electrons. The number of esters is 1. The summed E-state index contributed by atoms with van der Waals surface area (Å²) in [4.78, 5) is 23.5. The summed E-state index contributed by atoms with van der Waals surface area (Å²) >= 11 is 0. The third-order valence-corrected chi connectivity index (χ3v) is 12.2. The smallest absolute Gasteiger partial charge is 0.302 e. The van der Waals surface area contributed by atoms with Gasteiger partial charge in [0.2, 0.25) is 0 Å². The highest BCUT2D eigenvalue weighted by Crippen LogP contribution is 2.49. The lowest BCUT2D eigenvalue weighted by molar-refractivity contribution is -0.274. The Balaban J connectivity index is 1.33. The number of carbonyl (C=O) groups is 2. The van der Waals surface area contributed by atoms with Gasteiger partial charge in [-0.15, -0.1) is 0 Å². The van der Waals surface area contributed by atoms with Gasteiger partial charge in [0, 0.05) is 19.8 Å². The van der Waals surface area contributed by atoms with Crippen molar-refractivity contribution >= 4 is 12.3 Å². The Morgan fingerprint density at radius 2 is 1.60 bits per heavy atom. The number of fused-ring (bicyclic) bond motifs is 4. The van der Waals surface area contributed by atoms with Crippen molar-refractivity contribution in [2.45, 2.75) is 191 Å². The van der Waals surface area contributed by atoms with Crippen molar-refractivity contribution in [3.05, 3.63) is 48.1 Å². The first-order chi connectivity index (χ1) is 23.7. The first-order valence-electron chi connectivity index (χ1n) is 19.0. The van der Waals surface area contributed by atoms with Crippen LogP contribution in [0.15, 0.2) is 48.1 Å². The number of allylic oxidation sites excluding steroid dienone is 7. The van der Waals surface area contributed by atoms with E-state index in [1.54, 1.807) is 12.2 Å². The quantitative estimate of drug-likeness (QED) is 0.111. The van der Waals surface area contributed by atoms with Gasteiger partial charge in [-0.2, -0.15) is 0 Å². The summed E-state index contributed by atoms with van der Waals surface area (Å²) in [6.07, 6.45) is 15.8. The van der Waals surface area contributed by atoms with E-state index in [-0.39, 0.29) is 54.6 Å². The van der Waals surface area contributed by atoms with Crippen molar-refractivity contribution < 1.29 is 43.1 Å². The average molecular weight is 699 g/mol. The predicted octanol–water partition coefficient (Wildman–Crippen LogP) is 7.05. The zero-order chi connectivity index (χ0) is 36.3. The molecule has 280 valence electrons. The lowest BCUT2D eigenvalue weighted by Crippen LogP contribution is -2.59. The van der Waals surface area contributed by atoms with Gasteiger partial charge < -0.3 is 33.5 Å². The zero-order valence-corrected chi connectivity index (χ0v) is 31.4. The van der Waals surface area contributed by atoms with Crippen molar-refractivity contribution in [2.24, 2.45) is 5.92 Å². The van der Waals surface area contributed by atoms with Gasteiger partial charge in [-0.1, -0.05) is 43.4 Å². The van der Waals surface area contributed by atoms with Crippen LogP contribution in [-0.4, -0.2) is 89.1 Å². The number of rotatable bonds is 10. The molecule has 0 saturated carbocycles. The fraction of sp³-hybridized carbons (Fsp3) is 0.756. The molecule has 5 fully saturated rings. The molecule has 5 aliphatic rings. The van der Waals surface area contributed by atoms with Gasteiger partial charge >= 0.3 is 5.97 Å². The minimum Gasteiger partial charge on any atom is -0.460 e. The standard InChI is InChI=1S/C41H62O9/c1-9-10-11-12-16-35-39(6,44)20-17-31-32(46-35)18-21-40(7)37(47-31)24-33-38(50-40)34(45-29(5)43)25-41(8)36(48-33)23-28(4)30(49-41)15-13-14-26(2)27(3)19-22-42/h9-11,14,19,22,28,30-38,44H,1,12-13,15-18,20-21,23-25H2,2-8H3. The van der Waals surface area contributed by atoms with Crippen LogP contribution in [0.1, 0.15) is 119 Å². The molecule has 5 heterocycles. The molecule has 5 aliphatic heterocycles. The third kappa shape index (κ3) is 8.89. The number of ether oxygens (including phenoxy) is 6. The van der Waals surface area contributed by atoms with Crippen LogP contribution in [0.4, 0.5) is 0 Å². The molecule has 1 N–H and O–H groups in total. The fourth-order valence-electron chi connectivity index (χ4n) is 8.93. The Kier molecular flexibility index (Phi) is 12.7. The van der Waals surface area contributed by atoms with E-state index in [1.165, 1.54) is 6.92 Å². The van der Waals surface area contributed by atoms with Crippen molar-refractivity contribution in [1.29, 1.82) is 0 Å². The lowest BCUT2D eigenvalue weighted by Gasteiger charge is -2.49. The summed E-state index contributed by atoms with van der Waals surface area (Å²) < 4.78 is 40.7. The second-order valence-electron chi connectivity index (χ2n) is 16.3. The Hall–Kier alpha value is -2.14. The van der Waals surface area contributed by atoms with Crippen LogP contribution in [0.25, 0.3) is 0 Å². The van der Waals surface area contributed by atoms with Gasteiger partial charge in [0.05, 0.1) is 59.5 Å². The molecule has 0 aliphatic carbocycles. The Morgan fingerprint density at radius 1 is 0.900 bits per heavy atom. The van der Waals surface area contributed by atoms with E-state index >= 15 is 0 Å². The molecule has 5 saturated heterocycles. The van der Waals surface area contributed by atoms with Crippen molar-refractivity contribution in [3.63, 3.8) is 0 Å². The van der Waals surface area contributed by atoms with E-state index in [4.69, 9.17) is 28.4 Å². The van der Waals surface area contributed by atoms with Crippen molar-refractivity contribution in [1.82, 2.24) is 0 Å². The minimum atomic E-state index is -0.946. The van der Waals surface area contributed by atoms with Crippen LogP contribution in [0.2, 0.25) is 0 Å². The molecule has 5 rings (SSSR count). The molecule has 0 amide bonds. The van der Waals surface area contributed by atoms with E-state index in [0.29, 0.717) is 32.1 Å². The SMILES string of the molecule is C=CC=CCCC1OC2CCC3(C)OC4C(OC(C)=O)CC5(C)OC(CCC=C(C)C(C)=CC=O)C(C)CC5OC4CC3OC2CCC1(C)O. The second-order valence-corrected chi connectivity index (χ2v) is 16.3. The van der Waals surface area contributed by atoms with Gasteiger partial charge in [0.25, 0.3) is 0 Å². The third-order valence-electron chi connectivity index (χ3n) is 12.2. The summed E-state index contributed by atoms with van der Waals surface area (Å²) in [5.74, 6) is -0.0847. The zero-order valence-electron chi connectivity index (χ0n) is 31.4. The van der Waals surface area contributed by atoms with Crippen LogP contribution in [-0.2, 0) is 38.0 Å². The molecule has 9 nitrogen and oxygen atoms in total. The lowest BCUT2D eigenvalue weighted by atomic mass is 9.79. The van der Waals surface area contributed by atoms with Crippen LogP contribution < -0.4 is 0 Å².